The number of hydrogen-bond acceptors (Lipinski definition) is 3. The highest BCUT2D eigenvalue weighted by Crippen LogP contribution is 2.43. The van der Waals surface area contributed by atoms with E-state index in [9.17, 15) is 5.21 Å². The smallest absolute Gasteiger partial charge is 0.0833 e. The standard InChI is InChI=1S/C23H24BrN3O/c1-15-5-10-21-19(13-15)18-3-2-4-22-23(18)27(21)12-11-26(22)14-20(25-28)16-6-8-17(24)9-7-16/h5-10,13-14,22,25,28H,2-4,11-12H2,1H3/t22-/m1/s1. The minimum Gasteiger partial charge on any atom is -0.365 e. The molecule has 0 saturated heterocycles. The summed E-state index contributed by atoms with van der Waals surface area (Å²) in [5, 5.41) is 11.2. The summed E-state index contributed by atoms with van der Waals surface area (Å²) in [7, 11) is 0. The molecular formula is C23H24BrN3O. The van der Waals surface area contributed by atoms with E-state index in [2.05, 4.69) is 62.2 Å². The molecule has 1 aromatic heterocycles. The van der Waals surface area contributed by atoms with E-state index in [1.165, 1.54) is 34.1 Å². The highest BCUT2D eigenvalue weighted by Gasteiger charge is 2.33. The van der Waals surface area contributed by atoms with Crippen molar-refractivity contribution in [3.63, 3.8) is 0 Å². The number of nitrogens with zero attached hydrogens (tertiary/aromatic N) is 2. The van der Waals surface area contributed by atoms with Gasteiger partial charge in [-0.05, 0) is 56.0 Å². The topological polar surface area (TPSA) is 40.4 Å². The first-order chi connectivity index (χ1) is 13.7. The van der Waals surface area contributed by atoms with Crippen molar-refractivity contribution in [2.45, 2.75) is 38.8 Å². The lowest BCUT2D eigenvalue weighted by Crippen LogP contribution is -2.37. The van der Waals surface area contributed by atoms with Crippen molar-refractivity contribution in [3.05, 3.63) is 75.5 Å². The van der Waals surface area contributed by atoms with Gasteiger partial charge in [-0.1, -0.05) is 39.7 Å². The van der Waals surface area contributed by atoms with Gasteiger partial charge in [0.2, 0.25) is 0 Å². The molecule has 5 rings (SSSR count). The van der Waals surface area contributed by atoms with Crippen molar-refractivity contribution >= 4 is 32.5 Å². The number of rotatable bonds is 3. The average molecular weight is 438 g/mol. The number of hydrogen-bond donors (Lipinski definition) is 2. The second-order valence-corrected chi connectivity index (χ2v) is 8.76. The fourth-order valence-electron chi connectivity index (χ4n) is 4.86. The van der Waals surface area contributed by atoms with Gasteiger partial charge < -0.3 is 9.47 Å². The van der Waals surface area contributed by atoms with Crippen LogP contribution in [-0.2, 0) is 13.0 Å². The molecule has 2 aliphatic rings. The van der Waals surface area contributed by atoms with Crippen LogP contribution in [0.4, 0.5) is 0 Å². The Morgan fingerprint density at radius 1 is 1.18 bits per heavy atom. The van der Waals surface area contributed by atoms with Gasteiger partial charge in [0.1, 0.15) is 0 Å². The van der Waals surface area contributed by atoms with Crippen LogP contribution in [0.3, 0.4) is 0 Å². The molecule has 1 aliphatic carbocycles. The number of aryl methyl sites for hydroxylation is 2. The van der Waals surface area contributed by atoms with Gasteiger partial charge in [-0.15, -0.1) is 0 Å². The SMILES string of the molecule is Cc1ccc2c(c1)c1c3n2CCN(C=C(NO)c2ccc(Br)cc2)[C@@H]3CCC1. The Hall–Kier alpha value is -2.24. The third-order valence-corrected chi connectivity index (χ3v) is 6.67. The minimum atomic E-state index is 0.365. The van der Waals surface area contributed by atoms with Crippen molar-refractivity contribution in [1.82, 2.24) is 14.9 Å². The Morgan fingerprint density at radius 3 is 2.79 bits per heavy atom. The lowest BCUT2D eigenvalue weighted by molar-refractivity contribution is 0.195. The first-order valence-corrected chi connectivity index (χ1v) is 10.7. The summed E-state index contributed by atoms with van der Waals surface area (Å²) in [5.74, 6) is 0. The van der Waals surface area contributed by atoms with Crippen LogP contribution in [0.1, 0.15) is 41.3 Å². The van der Waals surface area contributed by atoms with Gasteiger partial charge in [0.25, 0.3) is 0 Å². The summed E-state index contributed by atoms with van der Waals surface area (Å²) in [6.45, 7) is 4.09. The molecule has 3 aromatic rings. The Balaban J connectivity index is 1.58. The van der Waals surface area contributed by atoms with Crippen molar-refractivity contribution in [2.24, 2.45) is 0 Å². The highest BCUT2D eigenvalue weighted by molar-refractivity contribution is 9.10. The molecule has 0 saturated carbocycles. The lowest BCUT2D eigenvalue weighted by atomic mass is 9.89. The predicted molar refractivity (Wildman–Crippen MR) is 116 cm³/mol. The molecule has 0 spiro atoms. The first kappa shape index (κ1) is 17.8. The molecule has 0 amide bonds. The number of hydroxylamine groups is 1. The zero-order valence-corrected chi connectivity index (χ0v) is 17.5. The van der Waals surface area contributed by atoms with Crippen LogP contribution >= 0.6 is 15.9 Å². The Labute approximate surface area is 173 Å². The van der Waals surface area contributed by atoms with Crippen molar-refractivity contribution in [2.75, 3.05) is 6.54 Å². The highest BCUT2D eigenvalue weighted by atomic mass is 79.9. The predicted octanol–water partition coefficient (Wildman–Crippen LogP) is 5.38. The maximum absolute atomic E-state index is 9.79. The maximum Gasteiger partial charge on any atom is 0.0833 e. The summed E-state index contributed by atoms with van der Waals surface area (Å²) in [4.78, 5) is 2.41. The molecule has 4 nitrogen and oxygen atoms in total. The Bertz CT molecular complexity index is 1070. The summed E-state index contributed by atoms with van der Waals surface area (Å²) in [6, 6.07) is 15.2. The van der Waals surface area contributed by atoms with Crippen LogP contribution in [0.5, 0.6) is 0 Å². The molecule has 0 fully saturated rings. The molecule has 0 bridgehead atoms. The number of nitrogens with one attached hydrogen (secondary N) is 1. The molecule has 1 aliphatic heterocycles. The van der Waals surface area contributed by atoms with Crippen LogP contribution < -0.4 is 5.48 Å². The molecule has 1 atom stereocenters. The molecule has 2 N–H and O–H groups in total. The van der Waals surface area contributed by atoms with Gasteiger partial charge in [-0.2, -0.15) is 0 Å². The van der Waals surface area contributed by atoms with Gasteiger partial charge >= 0.3 is 0 Å². The molecule has 144 valence electrons. The van der Waals surface area contributed by atoms with Crippen molar-refractivity contribution < 1.29 is 5.21 Å². The van der Waals surface area contributed by atoms with Gasteiger partial charge in [-0.25, -0.2) is 0 Å². The van der Waals surface area contributed by atoms with E-state index in [0.29, 0.717) is 6.04 Å². The molecule has 0 radical (unpaired) electrons. The van der Waals surface area contributed by atoms with Crippen LogP contribution in [0.15, 0.2) is 53.1 Å². The van der Waals surface area contributed by atoms with E-state index < -0.39 is 0 Å². The number of fused-ring (bicyclic) bond motifs is 3. The quantitative estimate of drug-likeness (QED) is 0.540. The van der Waals surface area contributed by atoms with Gasteiger partial charge in [0.15, 0.2) is 0 Å². The molecule has 28 heavy (non-hydrogen) atoms. The molecular weight excluding hydrogens is 414 g/mol. The van der Waals surface area contributed by atoms with Crippen molar-refractivity contribution in [1.29, 1.82) is 0 Å². The second kappa shape index (κ2) is 6.98. The van der Waals surface area contributed by atoms with E-state index in [1.807, 2.05) is 24.3 Å². The summed E-state index contributed by atoms with van der Waals surface area (Å²) < 4.78 is 3.56. The Kier molecular flexibility index (Phi) is 4.44. The van der Waals surface area contributed by atoms with E-state index in [4.69, 9.17) is 0 Å². The van der Waals surface area contributed by atoms with E-state index in [-0.39, 0.29) is 0 Å². The minimum absolute atomic E-state index is 0.365. The number of halogens is 1. The summed E-state index contributed by atoms with van der Waals surface area (Å²) in [6.07, 6.45) is 5.61. The fourth-order valence-corrected chi connectivity index (χ4v) is 5.13. The largest absolute Gasteiger partial charge is 0.365 e. The fraction of sp³-hybridized carbons (Fsp3) is 0.304. The van der Waals surface area contributed by atoms with Gasteiger partial charge in [0.05, 0.1) is 11.7 Å². The van der Waals surface area contributed by atoms with Crippen LogP contribution in [0.25, 0.3) is 16.6 Å². The zero-order valence-electron chi connectivity index (χ0n) is 16.0. The lowest BCUT2D eigenvalue weighted by Gasteiger charge is -2.39. The zero-order chi connectivity index (χ0) is 19.3. The molecule has 5 heteroatoms. The summed E-state index contributed by atoms with van der Waals surface area (Å²) >= 11 is 3.48. The van der Waals surface area contributed by atoms with E-state index in [0.717, 1.165) is 41.7 Å². The Morgan fingerprint density at radius 2 is 2.00 bits per heavy atom. The third kappa shape index (κ3) is 2.85. The third-order valence-electron chi connectivity index (χ3n) is 6.14. The number of benzene rings is 2. The second-order valence-electron chi connectivity index (χ2n) is 7.84. The van der Waals surface area contributed by atoms with Gasteiger partial charge in [-0.3, -0.25) is 10.7 Å². The van der Waals surface area contributed by atoms with E-state index in [1.54, 1.807) is 0 Å². The monoisotopic (exact) mass is 437 g/mol. The average Bonchev–Trinajstić information content (AvgIpc) is 3.03. The van der Waals surface area contributed by atoms with Crippen LogP contribution in [0, 0.1) is 6.92 Å². The van der Waals surface area contributed by atoms with Gasteiger partial charge in [0, 0.05) is 45.9 Å². The first-order valence-electron chi connectivity index (χ1n) is 9.91. The van der Waals surface area contributed by atoms with Crippen LogP contribution in [0.2, 0.25) is 0 Å². The molecule has 0 unspecified atom stereocenters. The molecule has 2 aromatic carbocycles. The van der Waals surface area contributed by atoms with E-state index >= 15 is 0 Å². The molecule has 2 heterocycles. The summed E-state index contributed by atoms with van der Waals surface area (Å²) in [5.41, 5.74) is 9.83. The maximum atomic E-state index is 9.79. The van der Waals surface area contributed by atoms with Crippen molar-refractivity contribution in [3.8, 4) is 0 Å². The normalized spacial score (nSPS) is 19.0. The van der Waals surface area contributed by atoms with Crippen LogP contribution in [-0.4, -0.2) is 21.2 Å². The number of aromatic nitrogens is 1.